The van der Waals surface area contributed by atoms with E-state index in [-0.39, 0.29) is 6.04 Å². The minimum Gasteiger partial charge on any atom is -0.320 e. The SMILES string of the molecule is NC(c1ccsc1)c1ccc2cc(Br)ccc2c1. The second kappa shape index (κ2) is 4.84. The van der Waals surface area contributed by atoms with Gasteiger partial charge in [-0.15, -0.1) is 0 Å². The van der Waals surface area contributed by atoms with Crippen LogP contribution < -0.4 is 5.73 Å². The van der Waals surface area contributed by atoms with Gasteiger partial charge in [0.1, 0.15) is 0 Å². The van der Waals surface area contributed by atoms with E-state index >= 15 is 0 Å². The van der Waals surface area contributed by atoms with Gasteiger partial charge in [-0.3, -0.25) is 0 Å². The number of hydrogen-bond donors (Lipinski definition) is 1. The van der Waals surface area contributed by atoms with Gasteiger partial charge in [-0.1, -0.05) is 34.1 Å². The molecule has 1 nitrogen and oxygen atoms in total. The highest BCUT2D eigenvalue weighted by Gasteiger charge is 2.09. The molecule has 0 radical (unpaired) electrons. The smallest absolute Gasteiger partial charge is 0.0560 e. The summed E-state index contributed by atoms with van der Waals surface area (Å²) in [5, 5.41) is 6.62. The second-order valence-corrected chi connectivity index (χ2v) is 5.98. The van der Waals surface area contributed by atoms with Gasteiger partial charge < -0.3 is 5.73 Å². The molecule has 0 fully saturated rings. The first-order valence-electron chi connectivity index (χ1n) is 5.71. The highest BCUT2D eigenvalue weighted by molar-refractivity contribution is 9.10. The summed E-state index contributed by atoms with van der Waals surface area (Å²) in [5.74, 6) is 0. The first-order valence-corrected chi connectivity index (χ1v) is 7.44. The van der Waals surface area contributed by atoms with Crippen LogP contribution in [-0.2, 0) is 0 Å². The zero-order valence-corrected chi connectivity index (χ0v) is 12.0. The van der Waals surface area contributed by atoms with Crippen molar-refractivity contribution in [2.45, 2.75) is 6.04 Å². The summed E-state index contributed by atoms with van der Waals surface area (Å²) in [6, 6.07) is 14.7. The van der Waals surface area contributed by atoms with Gasteiger partial charge in [-0.05, 0) is 56.9 Å². The van der Waals surface area contributed by atoms with Crippen LogP contribution in [0.5, 0.6) is 0 Å². The molecular weight excluding hydrogens is 306 g/mol. The Kier molecular flexibility index (Phi) is 3.20. The van der Waals surface area contributed by atoms with Crippen molar-refractivity contribution in [1.82, 2.24) is 0 Å². The highest BCUT2D eigenvalue weighted by Crippen LogP contribution is 2.26. The molecule has 3 aromatic rings. The number of nitrogens with two attached hydrogens (primary N) is 1. The summed E-state index contributed by atoms with van der Waals surface area (Å²) < 4.78 is 1.10. The van der Waals surface area contributed by atoms with Gasteiger partial charge in [0.15, 0.2) is 0 Å². The third-order valence-corrected chi connectivity index (χ3v) is 4.28. The van der Waals surface area contributed by atoms with E-state index in [1.54, 1.807) is 11.3 Å². The fraction of sp³-hybridized carbons (Fsp3) is 0.0667. The maximum Gasteiger partial charge on any atom is 0.0560 e. The van der Waals surface area contributed by atoms with E-state index in [9.17, 15) is 0 Å². The molecule has 1 heterocycles. The maximum absolute atomic E-state index is 6.28. The van der Waals surface area contributed by atoms with Gasteiger partial charge in [0.05, 0.1) is 6.04 Å². The van der Waals surface area contributed by atoms with E-state index in [2.05, 4.69) is 69.2 Å². The number of hydrogen-bond acceptors (Lipinski definition) is 2. The summed E-state index contributed by atoms with van der Waals surface area (Å²) in [7, 11) is 0. The van der Waals surface area contributed by atoms with E-state index < -0.39 is 0 Å². The van der Waals surface area contributed by atoms with Crippen molar-refractivity contribution >= 4 is 38.0 Å². The molecule has 0 spiro atoms. The molecule has 18 heavy (non-hydrogen) atoms. The minimum absolute atomic E-state index is 0.0377. The molecule has 0 aliphatic carbocycles. The molecule has 0 bridgehead atoms. The molecule has 0 saturated heterocycles. The fourth-order valence-electron chi connectivity index (χ4n) is 2.07. The van der Waals surface area contributed by atoms with E-state index in [0.717, 1.165) is 10.0 Å². The number of fused-ring (bicyclic) bond motifs is 1. The second-order valence-electron chi connectivity index (χ2n) is 4.29. The third kappa shape index (κ3) is 2.21. The average molecular weight is 318 g/mol. The lowest BCUT2D eigenvalue weighted by Gasteiger charge is -2.11. The molecule has 0 aliphatic heterocycles. The molecule has 3 rings (SSSR count). The number of rotatable bonds is 2. The molecule has 0 saturated carbocycles. The van der Waals surface area contributed by atoms with Crippen LogP contribution in [0.4, 0.5) is 0 Å². The highest BCUT2D eigenvalue weighted by atomic mass is 79.9. The van der Waals surface area contributed by atoms with Crippen molar-refractivity contribution < 1.29 is 0 Å². The van der Waals surface area contributed by atoms with Gasteiger partial charge in [0.2, 0.25) is 0 Å². The average Bonchev–Trinajstić information content (AvgIpc) is 2.91. The molecule has 0 amide bonds. The van der Waals surface area contributed by atoms with Crippen LogP contribution in [0.15, 0.2) is 57.7 Å². The Morgan fingerprint density at radius 1 is 0.944 bits per heavy atom. The predicted molar refractivity (Wildman–Crippen MR) is 82.0 cm³/mol. The van der Waals surface area contributed by atoms with Gasteiger partial charge in [0.25, 0.3) is 0 Å². The first kappa shape index (κ1) is 11.9. The molecule has 1 atom stereocenters. The molecule has 1 unspecified atom stereocenters. The van der Waals surface area contributed by atoms with Crippen molar-refractivity contribution in [2.75, 3.05) is 0 Å². The van der Waals surface area contributed by atoms with Crippen LogP contribution in [0.3, 0.4) is 0 Å². The van der Waals surface area contributed by atoms with Gasteiger partial charge in [-0.2, -0.15) is 11.3 Å². The van der Waals surface area contributed by atoms with Crippen LogP contribution in [0.2, 0.25) is 0 Å². The molecule has 2 aromatic carbocycles. The molecule has 90 valence electrons. The standard InChI is InChI=1S/C15H12BrNS/c16-14-4-3-10-7-12(2-1-11(10)8-14)15(17)13-5-6-18-9-13/h1-9,15H,17H2. The largest absolute Gasteiger partial charge is 0.320 e. The summed E-state index contributed by atoms with van der Waals surface area (Å²) in [6.45, 7) is 0. The van der Waals surface area contributed by atoms with Crippen molar-refractivity contribution in [3.63, 3.8) is 0 Å². The molecule has 1 aromatic heterocycles. The summed E-state index contributed by atoms with van der Waals surface area (Å²) in [6.07, 6.45) is 0. The maximum atomic E-state index is 6.28. The minimum atomic E-state index is -0.0377. The lowest BCUT2D eigenvalue weighted by Crippen LogP contribution is -2.10. The molecule has 2 N–H and O–H groups in total. The number of thiophene rings is 1. The van der Waals surface area contributed by atoms with Crippen molar-refractivity contribution in [3.05, 3.63) is 68.8 Å². The van der Waals surface area contributed by atoms with Crippen molar-refractivity contribution in [2.24, 2.45) is 5.73 Å². The Morgan fingerprint density at radius 2 is 1.72 bits per heavy atom. The van der Waals surface area contributed by atoms with Gasteiger partial charge in [0, 0.05) is 4.47 Å². The fourth-order valence-corrected chi connectivity index (χ4v) is 3.15. The van der Waals surface area contributed by atoms with Gasteiger partial charge in [-0.25, -0.2) is 0 Å². The van der Waals surface area contributed by atoms with Crippen LogP contribution >= 0.6 is 27.3 Å². The monoisotopic (exact) mass is 317 g/mol. The Balaban J connectivity index is 2.06. The summed E-state index contributed by atoms with van der Waals surface area (Å²) in [5.41, 5.74) is 8.61. The Hall–Kier alpha value is -1.16. The van der Waals surface area contributed by atoms with E-state index in [0.29, 0.717) is 0 Å². The van der Waals surface area contributed by atoms with Crippen LogP contribution in [-0.4, -0.2) is 0 Å². The summed E-state index contributed by atoms with van der Waals surface area (Å²) >= 11 is 5.17. The molecule has 3 heteroatoms. The summed E-state index contributed by atoms with van der Waals surface area (Å²) in [4.78, 5) is 0. The zero-order chi connectivity index (χ0) is 12.5. The van der Waals surface area contributed by atoms with Crippen LogP contribution in [0, 0.1) is 0 Å². The number of halogens is 1. The first-order chi connectivity index (χ1) is 8.74. The van der Waals surface area contributed by atoms with Crippen LogP contribution in [0.1, 0.15) is 17.2 Å². The van der Waals surface area contributed by atoms with Crippen molar-refractivity contribution in [3.8, 4) is 0 Å². The molecular formula is C15H12BrNS. The topological polar surface area (TPSA) is 26.0 Å². The van der Waals surface area contributed by atoms with E-state index in [4.69, 9.17) is 5.73 Å². The van der Waals surface area contributed by atoms with Crippen molar-refractivity contribution in [1.29, 1.82) is 0 Å². The van der Waals surface area contributed by atoms with E-state index in [1.807, 2.05) is 0 Å². The third-order valence-electron chi connectivity index (χ3n) is 3.09. The Labute approximate surface area is 118 Å². The van der Waals surface area contributed by atoms with E-state index in [1.165, 1.54) is 16.3 Å². The zero-order valence-electron chi connectivity index (χ0n) is 9.64. The number of benzene rings is 2. The Morgan fingerprint density at radius 3 is 2.50 bits per heavy atom. The Bertz CT molecular complexity index is 676. The molecule has 0 aliphatic rings. The van der Waals surface area contributed by atoms with Crippen LogP contribution in [0.25, 0.3) is 10.8 Å². The quantitative estimate of drug-likeness (QED) is 0.727. The predicted octanol–water partition coefficient (Wildman–Crippen LogP) is 4.71. The normalized spacial score (nSPS) is 12.8. The lowest BCUT2D eigenvalue weighted by molar-refractivity contribution is 0.879. The van der Waals surface area contributed by atoms with Gasteiger partial charge >= 0.3 is 0 Å². The lowest BCUT2D eigenvalue weighted by atomic mass is 9.99.